The third-order valence-electron chi connectivity index (χ3n) is 4.44. The number of unbranched alkanes of at least 4 members (excludes halogenated alkanes) is 3. The molecule has 0 saturated carbocycles. The van der Waals surface area contributed by atoms with E-state index in [1.807, 2.05) is 24.3 Å². The second kappa shape index (κ2) is 24.4. The smallest absolute Gasteiger partial charge is 0.142 e. The van der Waals surface area contributed by atoms with E-state index >= 15 is 0 Å². The van der Waals surface area contributed by atoms with E-state index in [-0.39, 0.29) is 0 Å². The third-order valence-corrected chi connectivity index (χ3v) is 5.20. The van der Waals surface area contributed by atoms with Gasteiger partial charge in [-0.2, -0.15) is 0 Å². The fourth-order valence-corrected chi connectivity index (χ4v) is 3.22. The van der Waals surface area contributed by atoms with Crippen LogP contribution >= 0.6 is 22.6 Å². The lowest BCUT2D eigenvalue weighted by Gasteiger charge is -2.09. The van der Waals surface area contributed by atoms with Gasteiger partial charge in [-0.3, -0.25) is 0 Å². The van der Waals surface area contributed by atoms with Crippen molar-refractivity contribution in [3.63, 3.8) is 0 Å². The predicted octanol–water partition coefficient (Wildman–Crippen LogP) is 3.74. The highest BCUT2D eigenvalue weighted by molar-refractivity contribution is 14.1. The lowest BCUT2D eigenvalue weighted by molar-refractivity contribution is -0.0179. The monoisotopic (exact) mass is 583 g/mol. The molecule has 0 amide bonds. The second-order valence-corrected chi connectivity index (χ2v) is 8.24. The van der Waals surface area contributed by atoms with Gasteiger partial charge in [0.1, 0.15) is 12.4 Å². The number of halogens is 1. The standard InChI is InChI=1S/C24H42INO7/c25-9-5-1-2-6-10-27-11-12-28-13-14-29-15-16-30-17-18-31-19-20-32-21-22-33-24-8-4-3-7-23(24)26/h3-4,7-8H,1-2,5-6,9-22,26H2. The molecule has 33 heavy (non-hydrogen) atoms. The van der Waals surface area contributed by atoms with E-state index in [0.29, 0.717) is 90.7 Å². The minimum atomic E-state index is 0.454. The zero-order chi connectivity index (χ0) is 23.7. The van der Waals surface area contributed by atoms with Crippen molar-refractivity contribution in [2.24, 2.45) is 0 Å². The van der Waals surface area contributed by atoms with Gasteiger partial charge >= 0.3 is 0 Å². The van der Waals surface area contributed by atoms with Crippen LogP contribution in [0.1, 0.15) is 25.7 Å². The molecule has 0 unspecified atom stereocenters. The van der Waals surface area contributed by atoms with Crippen LogP contribution in [0.3, 0.4) is 0 Å². The highest BCUT2D eigenvalue weighted by atomic mass is 127. The molecule has 0 aromatic heterocycles. The van der Waals surface area contributed by atoms with Crippen molar-refractivity contribution in [3.8, 4) is 5.75 Å². The number of nitrogens with two attached hydrogens (primary N) is 1. The summed E-state index contributed by atoms with van der Waals surface area (Å²) in [5.41, 5.74) is 6.43. The lowest BCUT2D eigenvalue weighted by atomic mass is 10.2. The van der Waals surface area contributed by atoms with Gasteiger partial charge in [0.2, 0.25) is 0 Å². The van der Waals surface area contributed by atoms with Crippen molar-refractivity contribution in [1.82, 2.24) is 0 Å². The Bertz CT molecular complexity index is 539. The molecule has 0 bridgehead atoms. The predicted molar refractivity (Wildman–Crippen MR) is 139 cm³/mol. The Hall–Kier alpha value is -0.690. The molecule has 0 heterocycles. The number of hydrogen-bond acceptors (Lipinski definition) is 8. The van der Waals surface area contributed by atoms with Crippen molar-refractivity contribution < 1.29 is 33.2 Å². The molecule has 2 N–H and O–H groups in total. The van der Waals surface area contributed by atoms with Gasteiger partial charge in [-0.15, -0.1) is 0 Å². The maximum Gasteiger partial charge on any atom is 0.142 e. The average molecular weight is 584 g/mol. The summed E-state index contributed by atoms with van der Waals surface area (Å²) in [4.78, 5) is 0. The topological polar surface area (TPSA) is 90.6 Å². The van der Waals surface area contributed by atoms with E-state index in [1.54, 1.807) is 0 Å². The number of hydrogen-bond donors (Lipinski definition) is 1. The molecule has 192 valence electrons. The Morgan fingerprint density at radius 2 is 0.939 bits per heavy atom. The van der Waals surface area contributed by atoms with E-state index in [4.69, 9.17) is 38.9 Å². The number of para-hydroxylation sites is 2. The van der Waals surface area contributed by atoms with Gasteiger partial charge in [0.25, 0.3) is 0 Å². The summed E-state index contributed by atoms with van der Waals surface area (Å²) in [6, 6.07) is 7.41. The molecule has 0 fully saturated rings. The molecule has 0 saturated heterocycles. The summed E-state index contributed by atoms with van der Waals surface area (Å²) < 4.78 is 39.7. The zero-order valence-corrected chi connectivity index (χ0v) is 22.0. The SMILES string of the molecule is Nc1ccccc1OCCOCCOCCOCCOCCOCCOCCCCCCI. The van der Waals surface area contributed by atoms with E-state index in [1.165, 1.54) is 23.7 Å². The normalized spacial score (nSPS) is 11.2. The first kappa shape index (κ1) is 30.3. The molecule has 0 aliphatic rings. The van der Waals surface area contributed by atoms with Crippen LogP contribution in [0.25, 0.3) is 0 Å². The molecule has 1 rings (SSSR count). The van der Waals surface area contributed by atoms with Crippen LogP contribution in [-0.2, 0) is 28.4 Å². The van der Waals surface area contributed by atoms with E-state index in [2.05, 4.69) is 22.6 Å². The van der Waals surface area contributed by atoms with Gasteiger partial charge in [0, 0.05) is 6.61 Å². The Labute approximate surface area is 212 Å². The van der Waals surface area contributed by atoms with Crippen LogP contribution in [0, 0.1) is 0 Å². The van der Waals surface area contributed by atoms with Gasteiger partial charge in [0.15, 0.2) is 0 Å². The van der Waals surface area contributed by atoms with Crippen molar-refractivity contribution >= 4 is 28.3 Å². The number of rotatable bonds is 25. The van der Waals surface area contributed by atoms with Crippen LogP contribution in [0.2, 0.25) is 0 Å². The molecule has 9 heteroatoms. The molecule has 1 aromatic rings. The van der Waals surface area contributed by atoms with E-state index in [0.717, 1.165) is 13.0 Å². The van der Waals surface area contributed by atoms with Crippen LogP contribution in [-0.4, -0.2) is 90.3 Å². The maximum atomic E-state index is 5.80. The molecule has 0 spiro atoms. The third kappa shape index (κ3) is 20.4. The number of ether oxygens (including phenoxy) is 7. The van der Waals surface area contributed by atoms with Gasteiger partial charge in [-0.25, -0.2) is 0 Å². The quantitative estimate of drug-likeness (QED) is 0.0807. The Morgan fingerprint density at radius 1 is 0.515 bits per heavy atom. The summed E-state index contributed by atoms with van der Waals surface area (Å²) in [6.07, 6.45) is 5.00. The van der Waals surface area contributed by atoms with Crippen molar-refractivity contribution in [3.05, 3.63) is 24.3 Å². The highest BCUT2D eigenvalue weighted by Crippen LogP contribution is 2.19. The Morgan fingerprint density at radius 3 is 1.42 bits per heavy atom. The molecule has 0 aliphatic carbocycles. The minimum Gasteiger partial charge on any atom is -0.489 e. The molecule has 0 aliphatic heterocycles. The summed E-state index contributed by atoms with van der Waals surface area (Å²) in [5.74, 6) is 0.680. The van der Waals surface area contributed by atoms with Gasteiger partial charge in [-0.05, 0) is 29.4 Å². The van der Waals surface area contributed by atoms with E-state index in [9.17, 15) is 0 Å². The molecular formula is C24H42INO7. The summed E-state index contributed by atoms with van der Waals surface area (Å²) in [7, 11) is 0. The Kier molecular flexibility index (Phi) is 22.5. The number of alkyl halides is 1. The van der Waals surface area contributed by atoms with Gasteiger partial charge in [-0.1, -0.05) is 47.6 Å². The second-order valence-electron chi connectivity index (χ2n) is 7.16. The van der Waals surface area contributed by atoms with Crippen LogP contribution in [0.5, 0.6) is 5.75 Å². The first-order chi connectivity index (χ1) is 16.3. The van der Waals surface area contributed by atoms with Crippen molar-refractivity contribution in [2.75, 3.05) is 96.1 Å². The number of nitrogen functional groups attached to an aromatic ring is 1. The fourth-order valence-electron chi connectivity index (χ4n) is 2.68. The molecule has 0 radical (unpaired) electrons. The maximum absolute atomic E-state index is 5.80. The highest BCUT2D eigenvalue weighted by Gasteiger charge is 1.98. The average Bonchev–Trinajstić information content (AvgIpc) is 2.83. The first-order valence-electron chi connectivity index (χ1n) is 11.8. The van der Waals surface area contributed by atoms with Crippen LogP contribution in [0.15, 0.2) is 24.3 Å². The lowest BCUT2D eigenvalue weighted by Crippen LogP contribution is -2.15. The minimum absolute atomic E-state index is 0.454. The molecular weight excluding hydrogens is 541 g/mol. The van der Waals surface area contributed by atoms with Gasteiger partial charge in [0.05, 0.1) is 78.4 Å². The fraction of sp³-hybridized carbons (Fsp3) is 0.750. The van der Waals surface area contributed by atoms with Crippen LogP contribution < -0.4 is 10.5 Å². The zero-order valence-electron chi connectivity index (χ0n) is 19.9. The number of benzene rings is 1. The van der Waals surface area contributed by atoms with Crippen molar-refractivity contribution in [2.45, 2.75) is 25.7 Å². The molecule has 0 atom stereocenters. The van der Waals surface area contributed by atoms with E-state index < -0.39 is 0 Å². The first-order valence-corrected chi connectivity index (χ1v) is 13.4. The largest absolute Gasteiger partial charge is 0.489 e. The van der Waals surface area contributed by atoms with Gasteiger partial charge < -0.3 is 38.9 Å². The summed E-state index contributed by atoms with van der Waals surface area (Å²) >= 11 is 2.42. The van der Waals surface area contributed by atoms with Crippen LogP contribution in [0.4, 0.5) is 5.69 Å². The van der Waals surface area contributed by atoms with Crippen molar-refractivity contribution in [1.29, 1.82) is 0 Å². The molecule has 8 nitrogen and oxygen atoms in total. The number of anilines is 1. The Balaban J connectivity index is 1.67. The molecule has 1 aromatic carbocycles. The summed E-state index contributed by atoms with van der Waals surface area (Å²) in [6.45, 7) is 7.36. The summed E-state index contributed by atoms with van der Waals surface area (Å²) in [5, 5.41) is 0.